The minimum atomic E-state index is -0.556. The van der Waals surface area contributed by atoms with Crippen molar-refractivity contribution in [3.05, 3.63) is 65.6 Å². The average molecular weight is 470 g/mol. The van der Waals surface area contributed by atoms with E-state index in [-0.39, 0.29) is 11.7 Å². The molecule has 2 aliphatic heterocycles. The average Bonchev–Trinajstić information content (AvgIpc) is 3.41. The molecule has 178 valence electrons. The minimum absolute atomic E-state index is 0.00394. The van der Waals surface area contributed by atoms with Gasteiger partial charge in [-0.1, -0.05) is 12.1 Å². The first kappa shape index (κ1) is 21.6. The molecule has 8 heteroatoms. The van der Waals surface area contributed by atoms with E-state index in [2.05, 4.69) is 10.2 Å². The van der Waals surface area contributed by atoms with Crippen LogP contribution in [-0.4, -0.2) is 54.8 Å². The Morgan fingerprint density at radius 1 is 1.06 bits per heavy atom. The molecular weight excluding hydrogens is 442 g/mol. The Hall–Kier alpha value is -3.94. The standard InChI is InChI=1S/C27H27N5O3/c1-17-21-6-4-19(13-23(21)31(3)29-17)26(34)32-10-8-27(9-11-32)14-24(33)22-12-18(5-7-25(22)35-27)20-15-28-30(2)16-20/h4-7,12-13,15-16H,8-11,14H2,1-3H3. The van der Waals surface area contributed by atoms with Crippen LogP contribution in [0.2, 0.25) is 0 Å². The maximum atomic E-state index is 13.3. The maximum absolute atomic E-state index is 13.3. The molecule has 4 aromatic rings. The molecule has 0 aliphatic carbocycles. The van der Waals surface area contributed by atoms with Crippen LogP contribution in [0.25, 0.3) is 22.0 Å². The highest BCUT2D eigenvalue weighted by molar-refractivity contribution is 6.02. The molecule has 6 rings (SSSR count). The number of benzene rings is 2. The number of aromatic nitrogens is 4. The van der Waals surface area contributed by atoms with Crippen molar-refractivity contribution < 1.29 is 14.3 Å². The molecule has 1 saturated heterocycles. The van der Waals surface area contributed by atoms with Gasteiger partial charge in [0, 0.05) is 62.7 Å². The van der Waals surface area contributed by atoms with Gasteiger partial charge in [-0.25, -0.2) is 0 Å². The molecule has 0 saturated carbocycles. The Labute approximate surface area is 203 Å². The van der Waals surface area contributed by atoms with Crippen molar-refractivity contribution in [2.24, 2.45) is 14.1 Å². The van der Waals surface area contributed by atoms with E-state index in [9.17, 15) is 9.59 Å². The van der Waals surface area contributed by atoms with Gasteiger partial charge >= 0.3 is 0 Å². The Morgan fingerprint density at radius 3 is 2.60 bits per heavy atom. The summed E-state index contributed by atoms with van der Waals surface area (Å²) in [4.78, 5) is 28.3. The fraction of sp³-hybridized carbons (Fsp3) is 0.333. The van der Waals surface area contributed by atoms with Gasteiger partial charge < -0.3 is 9.64 Å². The number of amides is 1. The quantitative estimate of drug-likeness (QED) is 0.444. The van der Waals surface area contributed by atoms with Crippen LogP contribution in [0.3, 0.4) is 0 Å². The molecule has 8 nitrogen and oxygen atoms in total. The molecule has 0 radical (unpaired) electrons. The van der Waals surface area contributed by atoms with Gasteiger partial charge in [-0.15, -0.1) is 0 Å². The zero-order chi connectivity index (χ0) is 24.3. The summed E-state index contributed by atoms with van der Waals surface area (Å²) in [6.07, 6.45) is 5.30. The van der Waals surface area contributed by atoms with Crippen molar-refractivity contribution in [2.45, 2.75) is 31.8 Å². The van der Waals surface area contributed by atoms with E-state index in [1.165, 1.54) is 0 Å². The fourth-order valence-electron chi connectivity index (χ4n) is 5.39. The lowest BCUT2D eigenvalue weighted by Crippen LogP contribution is -2.52. The highest BCUT2D eigenvalue weighted by Crippen LogP contribution is 2.41. The normalized spacial score (nSPS) is 17.0. The predicted octanol–water partition coefficient (Wildman–Crippen LogP) is 3.92. The molecule has 1 amide bonds. The first-order valence-corrected chi connectivity index (χ1v) is 11.9. The van der Waals surface area contributed by atoms with E-state index in [0.29, 0.717) is 49.2 Å². The molecule has 2 aromatic heterocycles. The molecule has 0 bridgehead atoms. The molecule has 2 aliphatic rings. The molecule has 2 aromatic carbocycles. The monoisotopic (exact) mass is 469 g/mol. The number of Topliss-reactive ketones (excluding diaryl/α,β-unsaturated/α-hetero) is 1. The number of fused-ring (bicyclic) bond motifs is 2. The number of hydrogen-bond acceptors (Lipinski definition) is 5. The Kier molecular flexibility index (Phi) is 4.81. The summed E-state index contributed by atoms with van der Waals surface area (Å²) in [7, 11) is 3.76. The molecule has 0 N–H and O–H groups in total. The third-order valence-electron chi connectivity index (χ3n) is 7.37. The molecule has 1 spiro atoms. The maximum Gasteiger partial charge on any atom is 0.253 e. The van der Waals surface area contributed by atoms with Crippen LogP contribution < -0.4 is 4.74 Å². The number of aryl methyl sites for hydroxylation is 3. The fourth-order valence-corrected chi connectivity index (χ4v) is 5.39. The van der Waals surface area contributed by atoms with E-state index in [4.69, 9.17) is 4.74 Å². The van der Waals surface area contributed by atoms with Gasteiger partial charge in [-0.05, 0) is 36.8 Å². The van der Waals surface area contributed by atoms with Gasteiger partial charge in [0.05, 0.1) is 29.4 Å². The van der Waals surface area contributed by atoms with E-state index < -0.39 is 5.60 Å². The van der Waals surface area contributed by atoms with E-state index in [1.54, 1.807) is 10.9 Å². The smallest absolute Gasteiger partial charge is 0.253 e. The summed E-state index contributed by atoms with van der Waals surface area (Å²) in [5.74, 6) is 0.726. The second-order valence-electron chi connectivity index (χ2n) is 9.73. The molecule has 0 unspecified atom stereocenters. The highest BCUT2D eigenvalue weighted by atomic mass is 16.5. The first-order chi connectivity index (χ1) is 16.8. The third kappa shape index (κ3) is 3.60. The van der Waals surface area contributed by atoms with Crippen LogP contribution >= 0.6 is 0 Å². The number of ketones is 1. The van der Waals surface area contributed by atoms with Gasteiger partial charge in [0.2, 0.25) is 0 Å². The van der Waals surface area contributed by atoms with Gasteiger partial charge in [-0.3, -0.25) is 19.0 Å². The summed E-state index contributed by atoms with van der Waals surface area (Å²) >= 11 is 0. The zero-order valence-electron chi connectivity index (χ0n) is 20.1. The van der Waals surface area contributed by atoms with Gasteiger partial charge in [0.25, 0.3) is 5.91 Å². The Morgan fingerprint density at radius 2 is 1.86 bits per heavy atom. The van der Waals surface area contributed by atoms with Crippen LogP contribution in [0.15, 0.2) is 48.8 Å². The van der Waals surface area contributed by atoms with E-state index in [1.807, 2.05) is 73.2 Å². The van der Waals surface area contributed by atoms with Crippen molar-refractivity contribution in [2.75, 3.05) is 13.1 Å². The number of likely N-dealkylation sites (tertiary alicyclic amines) is 1. The second kappa shape index (κ2) is 7.80. The van der Waals surface area contributed by atoms with Crippen LogP contribution in [-0.2, 0) is 14.1 Å². The Balaban J connectivity index is 1.18. The molecule has 0 atom stereocenters. The summed E-state index contributed by atoms with van der Waals surface area (Å²) in [5.41, 5.74) is 4.54. The van der Waals surface area contributed by atoms with Gasteiger partial charge in [-0.2, -0.15) is 10.2 Å². The molecule has 35 heavy (non-hydrogen) atoms. The number of rotatable bonds is 2. The number of carbonyl (C=O) groups excluding carboxylic acids is 2. The van der Waals surface area contributed by atoms with Gasteiger partial charge in [0.1, 0.15) is 11.4 Å². The highest BCUT2D eigenvalue weighted by Gasteiger charge is 2.43. The van der Waals surface area contributed by atoms with E-state index in [0.717, 1.165) is 27.7 Å². The lowest BCUT2D eigenvalue weighted by Gasteiger charge is -2.44. The molecule has 1 fully saturated rings. The third-order valence-corrected chi connectivity index (χ3v) is 7.37. The van der Waals surface area contributed by atoms with Crippen molar-refractivity contribution in [3.63, 3.8) is 0 Å². The number of piperidine rings is 1. The number of nitrogens with zero attached hydrogens (tertiary/aromatic N) is 5. The topological polar surface area (TPSA) is 82.3 Å². The summed E-state index contributed by atoms with van der Waals surface area (Å²) < 4.78 is 10.00. The number of hydrogen-bond donors (Lipinski definition) is 0. The lowest BCUT2D eigenvalue weighted by atomic mass is 9.82. The summed E-state index contributed by atoms with van der Waals surface area (Å²) in [6, 6.07) is 11.5. The molecular formula is C27H27N5O3. The Bertz CT molecular complexity index is 1490. The zero-order valence-corrected chi connectivity index (χ0v) is 20.1. The van der Waals surface area contributed by atoms with Crippen molar-refractivity contribution >= 4 is 22.6 Å². The number of carbonyl (C=O) groups is 2. The number of ether oxygens (including phenoxy) is 1. The van der Waals surface area contributed by atoms with Crippen molar-refractivity contribution in [1.29, 1.82) is 0 Å². The predicted molar refractivity (Wildman–Crippen MR) is 132 cm³/mol. The van der Waals surface area contributed by atoms with Crippen LogP contribution in [0.1, 0.15) is 45.7 Å². The second-order valence-corrected chi connectivity index (χ2v) is 9.73. The lowest BCUT2D eigenvalue weighted by molar-refractivity contribution is -0.00569. The minimum Gasteiger partial charge on any atom is -0.486 e. The first-order valence-electron chi connectivity index (χ1n) is 11.9. The van der Waals surface area contributed by atoms with Crippen molar-refractivity contribution in [3.8, 4) is 16.9 Å². The van der Waals surface area contributed by atoms with Gasteiger partial charge in [0.15, 0.2) is 5.78 Å². The van der Waals surface area contributed by atoms with Crippen molar-refractivity contribution in [1.82, 2.24) is 24.5 Å². The van der Waals surface area contributed by atoms with Crippen LogP contribution in [0.5, 0.6) is 5.75 Å². The summed E-state index contributed by atoms with van der Waals surface area (Å²) in [6.45, 7) is 3.08. The van der Waals surface area contributed by atoms with E-state index >= 15 is 0 Å². The summed E-state index contributed by atoms with van der Waals surface area (Å²) in [5, 5.41) is 9.72. The SMILES string of the molecule is Cc1nn(C)c2cc(C(=O)N3CCC4(CC3)CC(=O)c3cc(-c5cnn(C)c5)ccc3O4)ccc12. The molecule has 4 heterocycles. The van der Waals surface area contributed by atoms with Crippen LogP contribution in [0, 0.1) is 6.92 Å². The largest absolute Gasteiger partial charge is 0.486 e. The van der Waals surface area contributed by atoms with Crippen LogP contribution in [0.4, 0.5) is 0 Å².